The van der Waals surface area contributed by atoms with E-state index in [9.17, 15) is 9.59 Å². The number of hydrogen-bond acceptors (Lipinski definition) is 6. The molecule has 226 valence electrons. The smallest absolute Gasteiger partial charge is 0.270 e. The van der Waals surface area contributed by atoms with Crippen LogP contribution in [0.5, 0.6) is 0 Å². The van der Waals surface area contributed by atoms with Crippen LogP contribution in [0.4, 0.5) is 5.95 Å². The molecule has 3 N–H and O–H groups in total. The zero-order valence-electron chi connectivity index (χ0n) is 25.2. The summed E-state index contributed by atoms with van der Waals surface area (Å²) in [5, 5.41) is 19.2. The highest BCUT2D eigenvalue weighted by Crippen LogP contribution is 2.27. The highest BCUT2D eigenvalue weighted by molar-refractivity contribution is 6.08. The molecule has 6 rings (SSSR count). The highest BCUT2D eigenvalue weighted by Gasteiger charge is 2.18. The van der Waals surface area contributed by atoms with Gasteiger partial charge in [-0.05, 0) is 71.0 Å². The van der Waals surface area contributed by atoms with Gasteiger partial charge in [-0.2, -0.15) is 5.21 Å². The SMILES string of the molecule is CCCc1nc2c(C)cc(C(=O)NCCc3ccccc3)cc2n1Cc1ccc(-c2ccccc2C(=O)Nc2nn[nH]n2)cc1. The number of imidazole rings is 1. The Morgan fingerprint density at radius 2 is 1.64 bits per heavy atom. The fourth-order valence-electron chi connectivity index (χ4n) is 5.52. The minimum absolute atomic E-state index is 0.0906. The van der Waals surface area contributed by atoms with Crippen molar-refractivity contribution in [3.8, 4) is 11.1 Å². The van der Waals surface area contributed by atoms with Crippen molar-refractivity contribution in [2.75, 3.05) is 11.9 Å². The Bertz CT molecular complexity index is 1930. The molecule has 0 unspecified atom stereocenters. The Labute approximate surface area is 260 Å². The van der Waals surface area contributed by atoms with Gasteiger partial charge in [0.25, 0.3) is 17.8 Å². The van der Waals surface area contributed by atoms with Gasteiger partial charge >= 0.3 is 0 Å². The fourth-order valence-corrected chi connectivity index (χ4v) is 5.52. The second-order valence-corrected chi connectivity index (χ2v) is 10.9. The lowest BCUT2D eigenvalue weighted by Gasteiger charge is -2.12. The van der Waals surface area contributed by atoms with Gasteiger partial charge in [-0.1, -0.05) is 84.8 Å². The molecule has 10 nitrogen and oxygen atoms in total. The van der Waals surface area contributed by atoms with Crippen molar-refractivity contribution in [2.45, 2.75) is 39.7 Å². The molecule has 0 radical (unpaired) electrons. The number of H-pyrrole nitrogens is 1. The van der Waals surface area contributed by atoms with Crippen LogP contribution in [-0.2, 0) is 19.4 Å². The van der Waals surface area contributed by atoms with Crippen LogP contribution in [0.1, 0.15) is 56.6 Å². The molecule has 2 amide bonds. The molecule has 0 bridgehead atoms. The van der Waals surface area contributed by atoms with E-state index in [0.717, 1.165) is 58.4 Å². The zero-order chi connectivity index (χ0) is 31.2. The molecule has 10 heteroatoms. The number of fused-ring (bicyclic) bond motifs is 1. The normalized spacial score (nSPS) is 11.1. The lowest BCUT2D eigenvalue weighted by Crippen LogP contribution is -2.25. The third kappa shape index (κ3) is 6.65. The van der Waals surface area contributed by atoms with Crippen LogP contribution in [0.3, 0.4) is 0 Å². The van der Waals surface area contributed by atoms with Crippen LogP contribution in [-0.4, -0.2) is 48.5 Å². The molecule has 0 saturated heterocycles. The zero-order valence-corrected chi connectivity index (χ0v) is 25.2. The molecule has 0 aliphatic carbocycles. The molecule has 0 atom stereocenters. The predicted molar refractivity (Wildman–Crippen MR) is 174 cm³/mol. The number of nitrogens with one attached hydrogen (secondary N) is 3. The standard InChI is InChI=1S/C35H34N8O2/c1-3-9-31-37-32-23(2)20-27(33(44)36-19-18-24-10-5-4-6-11-24)21-30(32)43(31)22-25-14-16-26(17-15-25)28-12-7-8-13-29(28)34(45)38-35-39-41-42-40-35/h4-8,10-17,20-21H,3,9,18-19,22H2,1-2H3,(H,36,44)(H2,38,39,40,41,42,45). The molecule has 6 aromatic rings. The van der Waals surface area contributed by atoms with Crippen molar-refractivity contribution in [3.05, 3.63) is 125 Å². The van der Waals surface area contributed by atoms with Crippen LogP contribution in [0.15, 0.2) is 91.0 Å². The summed E-state index contributed by atoms with van der Waals surface area (Å²) in [6.07, 6.45) is 2.56. The number of carbonyl (C=O) groups is 2. The van der Waals surface area contributed by atoms with E-state index in [1.165, 1.54) is 5.56 Å². The Morgan fingerprint density at radius 1 is 0.867 bits per heavy atom. The predicted octanol–water partition coefficient (Wildman–Crippen LogP) is 5.75. The van der Waals surface area contributed by atoms with Crippen molar-refractivity contribution in [3.63, 3.8) is 0 Å². The molecule has 0 fully saturated rings. The topological polar surface area (TPSA) is 130 Å². The lowest BCUT2D eigenvalue weighted by atomic mass is 9.98. The molecule has 2 aromatic heterocycles. The number of aromatic amines is 1. The molecule has 4 aromatic carbocycles. The number of aryl methyl sites for hydroxylation is 2. The first-order valence-corrected chi connectivity index (χ1v) is 15.0. The van der Waals surface area contributed by atoms with Gasteiger partial charge in [0, 0.05) is 30.6 Å². The number of carbonyl (C=O) groups excluding carboxylic acids is 2. The number of amides is 2. The number of hydrogen-bond donors (Lipinski definition) is 3. The van der Waals surface area contributed by atoms with E-state index in [2.05, 4.69) is 67.0 Å². The van der Waals surface area contributed by atoms with Crippen molar-refractivity contribution in [1.29, 1.82) is 0 Å². The van der Waals surface area contributed by atoms with E-state index in [1.807, 2.05) is 67.6 Å². The molecule has 45 heavy (non-hydrogen) atoms. The van der Waals surface area contributed by atoms with E-state index < -0.39 is 0 Å². The van der Waals surface area contributed by atoms with Gasteiger partial charge in [0.05, 0.1) is 11.0 Å². The quantitative estimate of drug-likeness (QED) is 0.174. The van der Waals surface area contributed by atoms with Gasteiger partial charge in [-0.25, -0.2) is 4.98 Å². The minimum Gasteiger partial charge on any atom is -0.352 e. The second kappa shape index (κ2) is 13.3. The summed E-state index contributed by atoms with van der Waals surface area (Å²) in [5.74, 6) is 0.695. The molecular formula is C35H34N8O2. The first-order chi connectivity index (χ1) is 22.0. The molecule has 0 spiro atoms. The first-order valence-electron chi connectivity index (χ1n) is 15.0. The largest absolute Gasteiger partial charge is 0.352 e. The van der Waals surface area contributed by atoms with E-state index in [-0.39, 0.29) is 17.8 Å². The maximum absolute atomic E-state index is 13.2. The maximum Gasteiger partial charge on any atom is 0.270 e. The summed E-state index contributed by atoms with van der Waals surface area (Å²) in [4.78, 5) is 31.1. The molecule has 0 aliphatic rings. The van der Waals surface area contributed by atoms with E-state index in [1.54, 1.807) is 6.07 Å². The minimum atomic E-state index is -0.319. The summed E-state index contributed by atoms with van der Waals surface area (Å²) < 4.78 is 2.22. The first kappa shape index (κ1) is 29.4. The third-order valence-corrected chi connectivity index (χ3v) is 7.75. The van der Waals surface area contributed by atoms with Crippen molar-refractivity contribution in [1.82, 2.24) is 35.5 Å². The van der Waals surface area contributed by atoms with Gasteiger partial charge < -0.3 is 9.88 Å². The average molecular weight is 599 g/mol. The third-order valence-electron chi connectivity index (χ3n) is 7.75. The Balaban J connectivity index is 1.24. The van der Waals surface area contributed by atoms with Crippen molar-refractivity contribution < 1.29 is 9.59 Å². The summed E-state index contributed by atoms with van der Waals surface area (Å²) in [6, 6.07) is 29.6. The molecule has 0 saturated carbocycles. The van der Waals surface area contributed by atoms with Gasteiger partial charge in [-0.15, -0.1) is 5.10 Å². The number of anilines is 1. The van der Waals surface area contributed by atoms with Crippen molar-refractivity contribution >= 4 is 28.8 Å². The van der Waals surface area contributed by atoms with Gasteiger partial charge in [0.2, 0.25) is 0 Å². The number of benzene rings is 4. The van der Waals surface area contributed by atoms with Crippen LogP contribution < -0.4 is 10.6 Å². The number of aromatic nitrogens is 6. The fraction of sp³-hybridized carbons (Fsp3) is 0.200. The summed E-state index contributed by atoms with van der Waals surface area (Å²) in [5.41, 5.74) is 7.94. The lowest BCUT2D eigenvalue weighted by molar-refractivity contribution is 0.0953. The molecular weight excluding hydrogens is 564 g/mol. The summed E-state index contributed by atoms with van der Waals surface area (Å²) in [6.45, 7) is 5.32. The second-order valence-electron chi connectivity index (χ2n) is 10.9. The molecule has 2 heterocycles. The number of tetrazole rings is 1. The summed E-state index contributed by atoms with van der Waals surface area (Å²) >= 11 is 0. The van der Waals surface area contributed by atoms with E-state index in [0.29, 0.717) is 24.2 Å². The van der Waals surface area contributed by atoms with Gasteiger partial charge in [0.15, 0.2) is 0 Å². The monoisotopic (exact) mass is 598 g/mol. The van der Waals surface area contributed by atoms with Crippen LogP contribution in [0.25, 0.3) is 22.2 Å². The van der Waals surface area contributed by atoms with Gasteiger partial charge in [-0.3, -0.25) is 14.9 Å². The van der Waals surface area contributed by atoms with E-state index in [4.69, 9.17) is 4.98 Å². The Morgan fingerprint density at radius 3 is 2.40 bits per heavy atom. The van der Waals surface area contributed by atoms with Crippen molar-refractivity contribution in [2.24, 2.45) is 0 Å². The Kier molecular flexibility index (Phi) is 8.72. The van der Waals surface area contributed by atoms with E-state index >= 15 is 0 Å². The molecule has 0 aliphatic heterocycles. The highest BCUT2D eigenvalue weighted by atomic mass is 16.2. The van der Waals surface area contributed by atoms with Crippen LogP contribution >= 0.6 is 0 Å². The maximum atomic E-state index is 13.2. The van der Waals surface area contributed by atoms with Gasteiger partial charge in [0.1, 0.15) is 5.82 Å². The number of rotatable bonds is 11. The Hall–Kier alpha value is -5.64. The average Bonchev–Trinajstić information content (AvgIpc) is 3.70. The van der Waals surface area contributed by atoms with Crippen LogP contribution in [0, 0.1) is 6.92 Å². The summed E-state index contributed by atoms with van der Waals surface area (Å²) in [7, 11) is 0. The number of nitrogens with zero attached hydrogens (tertiary/aromatic N) is 5. The van der Waals surface area contributed by atoms with Crippen LogP contribution in [0.2, 0.25) is 0 Å².